The minimum atomic E-state index is -0.811. The van der Waals surface area contributed by atoms with Crippen molar-refractivity contribution in [1.82, 2.24) is 4.90 Å². The number of aliphatic carboxylic acids is 1. The van der Waals surface area contributed by atoms with Gasteiger partial charge in [0, 0.05) is 17.6 Å². The quantitative estimate of drug-likeness (QED) is 0.894. The van der Waals surface area contributed by atoms with Gasteiger partial charge in [-0.25, -0.2) is 0 Å². The van der Waals surface area contributed by atoms with Crippen molar-refractivity contribution < 1.29 is 14.7 Å². The van der Waals surface area contributed by atoms with E-state index >= 15 is 0 Å². The Morgan fingerprint density at radius 3 is 2.27 bits per heavy atom. The summed E-state index contributed by atoms with van der Waals surface area (Å²) in [6.07, 6.45) is 3.29. The zero-order chi connectivity index (χ0) is 16.0. The molecule has 1 aliphatic carbocycles. The van der Waals surface area contributed by atoms with Crippen LogP contribution in [0.4, 0.5) is 0 Å². The number of carbonyl (C=O) groups excluding carboxylic acids is 1. The van der Waals surface area contributed by atoms with Crippen molar-refractivity contribution in [3.8, 4) is 0 Å². The minimum Gasteiger partial charge on any atom is -0.481 e. The van der Waals surface area contributed by atoms with E-state index in [1.54, 1.807) is 11.8 Å². The molecule has 0 aromatic heterocycles. The molecule has 1 N–H and O–H groups in total. The van der Waals surface area contributed by atoms with Crippen LogP contribution >= 0.6 is 15.9 Å². The van der Waals surface area contributed by atoms with Crippen molar-refractivity contribution in [3.63, 3.8) is 0 Å². The molecule has 5 heteroatoms. The van der Waals surface area contributed by atoms with Gasteiger partial charge in [-0.1, -0.05) is 34.5 Å². The van der Waals surface area contributed by atoms with Gasteiger partial charge in [-0.15, -0.1) is 0 Å². The molecule has 4 nitrogen and oxygen atoms in total. The first-order valence-electron chi connectivity index (χ1n) is 7.66. The summed E-state index contributed by atoms with van der Waals surface area (Å²) >= 11 is 3.43. The van der Waals surface area contributed by atoms with Crippen LogP contribution in [-0.4, -0.2) is 35.0 Å². The monoisotopic (exact) mass is 365 g/mol. The van der Waals surface area contributed by atoms with Gasteiger partial charge >= 0.3 is 5.97 Å². The first kappa shape index (κ1) is 15.5. The molecule has 1 aliphatic heterocycles. The van der Waals surface area contributed by atoms with Crippen LogP contribution in [0, 0.1) is 5.41 Å². The molecular formula is C17H20BrNO3. The van der Waals surface area contributed by atoms with Crippen LogP contribution < -0.4 is 0 Å². The molecule has 0 spiro atoms. The van der Waals surface area contributed by atoms with Crippen molar-refractivity contribution in [2.45, 2.75) is 38.0 Å². The molecule has 1 atom stereocenters. The molecule has 118 valence electrons. The van der Waals surface area contributed by atoms with Gasteiger partial charge in [0.2, 0.25) is 5.91 Å². The Morgan fingerprint density at radius 2 is 1.82 bits per heavy atom. The molecule has 1 amide bonds. The lowest BCUT2D eigenvalue weighted by molar-refractivity contribution is -0.148. The van der Waals surface area contributed by atoms with Crippen molar-refractivity contribution in [2.75, 3.05) is 13.1 Å². The first-order valence-corrected chi connectivity index (χ1v) is 8.46. The number of hydrogen-bond donors (Lipinski definition) is 1. The number of nitrogens with zero attached hydrogens (tertiary/aromatic N) is 1. The topological polar surface area (TPSA) is 57.6 Å². The van der Waals surface area contributed by atoms with Gasteiger partial charge in [-0.3, -0.25) is 9.59 Å². The molecule has 22 heavy (non-hydrogen) atoms. The maximum atomic E-state index is 13.1. The fourth-order valence-corrected chi connectivity index (χ4v) is 3.80. The van der Waals surface area contributed by atoms with Crippen molar-refractivity contribution in [3.05, 3.63) is 34.3 Å². The van der Waals surface area contributed by atoms with Crippen molar-refractivity contribution in [1.29, 1.82) is 0 Å². The van der Waals surface area contributed by atoms with Crippen LogP contribution in [0.15, 0.2) is 28.7 Å². The van der Waals surface area contributed by atoms with Gasteiger partial charge in [0.1, 0.15) is 0 Å². The number of hydrogen-bond acceptors (Lipinski definition) is 2. The Hall–Kier alpha value is -1.36. The van der Waals surface area contributed by atoms with Crippen LogP contribution in [0.3, 0.4) is 0 Å². The molecular weight excluding hydrogens is 346 g/mol. The molecule has 3 rings (SSSR count). The van der Waals surface area contributed by atoms with Crippen LogP contribution in [0.5, 0.6) is 0 Å². The molecule has 1 heterocycles. The third-order valence-electron chi connectivity index (χ3n) is 5.29. The van der Waals surface area contributed by atoms with E-state index in [9.17, 15) is 14.7 Å². The fourth-order valence-electron chi connectivity index (χ4n) is 3.54. The summed E-state index contributed by atoms with van der Waals surface area (Å²) in [4.78, 5) is 26.2. The lowest BCUT2D eigenvalue weighted by atomic mass is 9.63. The van der Waals surface area contributed by atoms with E-state index in [0.29, 0.717) is 19.5 Å². The molecule has 1 aromatic carbocycles. The summed E-state index contributed by atoms with van der Waals surface area (Å²) in [5.74, 6) is -0.708. The highest BCUT2D eigenvalue weighted by atomic mass is 79.9. The molecule has 1 saturated heterocycles. The minimum absolute atomic E-state index is 0.103. The molecule has 1 unspecified atom stereocenters. The van der Waals surface area contributed by atoms with E-state index < -0.39 is 16.8 Å². The average Bonchev–Trinajstić information content (AvgIpc) is 2.84. The number of benzene rings is 1. The molecule has 1 saturated carbocycles. The van der Waals surface area contributed by atoms with Crippen molar-refractivity contribution in [2.24, 2.45) is 5.41 Å². The fraction of sp³-hybridized carbons (Fsp3) is 0.529. The number of amides is 1. The molecule has 2 aliphatic rings. The van der Waals surface area contributed by atoms with E-state index in [-0.39, 0.29) is 5.91 Å². The summed E-state index contributed by atoms with van der Waals surface area (Å²) in [6, 6.07) is 7.95. The number of likely N-dealkylation sites (tertiary alicyclic amines) is 1. The normalized spacial score (nSPS) is 26.5. The molecule has 2 fully saturated rings. The zero-order valence-electron chi connectivity index (χ0n) is 12.6. The highest BCUT2D eigenvalue weighted by Crippen LogP contribution is 2.46. The number of carbonyl (C=O) groups is 2. The third kappa shape index (κ3) is 2.35. The third-order valence-corrected chi connectivity index (χ3v) is 5.82. The first-order chi connectivity index (χ1) is 10.4. The van der Waals surface area contributed by atoms with Gasteiger partial charge in [0.15, 0.2) is 0 Å². The Morgan fingerprint density at radius 1 is 1.18 bits per heavy atom. The van der Waals surface area contributed by atoms with E-state index in [4.69, 9.17) is 0 Å². The molecule has 1 aromatic rings. The summed E-state index contributed by atoms with van der Waals surface area (Å²) in [5.41, 5.74) is -0.194. The Balaban J connectivity index is 1.84. The second-order valence-electron chi connectivity index (χ2n) is 6.79. The van der Waals surface area contributed by atoms with Crippen LogP contribution in [0.1, 0.15) is 38.2 Å². The Kier molecular flexibility index (Phi) is 3.79. The van der Waals surface area contributed by atoms with Gasteiger partial charge in [0.05, 0.1) is 10.8 Å². The largest absolute Gasteiger partial charge is 0.481 e. The summed E-state index contributed by atoms with van der Waals surface area (Å²) in [6.45, 7) is 2.59. The summed E-state index contributed by atoms with van der Waals surface area (Å²) < 4.78 is 0.998. The summed E-state index contributed by atoms with van der Waals surface area (Å²) in [7, 11) is 0. The summed E-state index contributed by atoms with van der Waals surface area (Å²) in [5, 5.41) is 9.35. The highest BCUT2D eigenvalue weighted by Gasteiger charge is 2.51. The second-order valence-corrected chi connectivity index (χ2v) is 7.70. The van der Waals surface area contributed by atoms with Crippen LogP contribution in [0.25, 0.3) is 0 Å². The van der Waals surface area contributed by atoms with E-state index in [1.165, 1.54) is 0 Å². The Labute approximate surface area is 138 Å². The average molecular weight is 366 g/mol. The number of carboxylic acids is 1. The second kappa shape index (κ2) is 5.37. The lowest BCUT2D eigenvalue weighted by Crippen LogP contribution is -2.51. The van der Waals surface area contributed by atoms with E-state index in [1.807, 2.05) is 24.3 Å². The van der Waals surface area contributed by atoms with Gasteiger partial charge in [0.25, 0.3) is 0 Å². The predicted octanol–water partition coefficient (Wildman–Crippen LogP) is 3.19. The van der Waals surface area contributed by atoms with Crippen LogP contribution in [-0.2, 0) is 15.0 Å². The number of halogens is 1. The van der Waals surface area contributed by atoms with E-state index in [2.05, 4.69) is 15.9 Å². The predicted molar refractivity (Wildman–Crippen MR) is 86.6 cm³/mol. The van der Waals surface area contributed by atoms with Crippen molar-refractivity contribution >= 4 is 27.8 Å². The molecule has 0 radical (unpaired) electrons. The number of rotatable bonds is 3. The SMILES string of the molecule is CC1(C(=O)O)CCN(C(=O)C2(c3ccc(Br)cc3)CCC2)C1. The smallest absolute Gasteiger partial charge is 0.311 e. The Bertz CT molecular complexity index is 609. The molecule has 0 bridgehead atoms. The maximum Gasteiger partial charge on any atom is 0.311 e. The zero-order valence-corrected chi connectivity index (χ0v) is 14.2. The van der Waals surface area contributed by atoms with E-state index in [0.717, 1.165) is 29.3 Å². The highest BCUT2D eigenvalue weighted by molar-refractivity contribution is 9.10. The number of carboxylic acid groups (broad SMARTS) is 1. The standard InChI is InChI=1S/C17H20BrNO3/c1-16(15(21)22)9-10-19(11-16)14(20)17(7-2-8-17)12-3-5-13(18)6-4-12/h3-6H,2,7-11H2,1H3,(H,21,22). The van der Waals surface area contributed by atoms with Gasteiger partial charge in [-0.05, 0) is 43.9 Å². The maximum absolute atomic E-state index is 13.1. The van der Waals surface area contributed by atoms with Crippen LogP contribution in [0.2, 0.25) is 0 Å². The lowest BCUT2D eigenvalue weighted by Gasteiger charge is -2.43. The van der Waals surface area contributed by atoms with Gasteiger partial charge < -0.3 is 10.0 Å². The van der Waals surface area contributed by atoms with Gasteiger partial charge in [-0.2, -0.15) is 0 Å².